The van der Waals surface area contributed by atoms with Crippen molar-refractivity contribution in [1.82, 2.24) is 36.6 Å². The Morgan fingerprint density at radius 1 is 0.566 bits per heavy atom. The molecule has 1 rings (SSSR count). The van der Waals surface area contributed by atoms with Crippen molar-refractivity contribution in [2.75, 3.05) is 26.2 Å². The molecule has 0 saturated heterocycles. The zero-order valence-electron chi connectivity index (χ0n) is 49.0. The molecule has 0 saturated carbocycles. The number of aliphatic carboxylic acids is 4. The van der Waals surface area contributed by atoms with Crippen LogP contribution in [0.1, 0.15) is 206 Å². The monoisotopic (exact) mass is 1180 g/mol. The normalized spacial score (nSPS) is 13.6. The number of aryl methyl sites for hydroxylation is 1. The number of carbonyl (C=O) groups excluding carboxylic acids is 8. The Morgan fingerprint density at radius 3 is 1.64 bits per heavy atom. The van der Waals surface area contributed by atoms with Gasteiger partial charge in [-0.1, -0.05) is 97.3 Å². The summed E-state index contributed by atoms with van der Waals surface area (Å²) in [6.45, 7) is 2.99. The maximum absolute atomic E-state index is 13.3. The molecule has 0 aliphatic rings. The second kappa shape index (κ2) is 43.2. The lowest BCUT2D eigenvalue weighted by atomic mass is 9.79. The molecule has 1 heterocycles. The van der Waals surface area contributed by atoms with Crippen LogP contribution in [0.15, 0.2) is 12.5 Å². The molecule has 25 heteroatoms. The van der Waals surface area contributed by atoms with Crippen molar-refractivity contribution in [3.8, 4) is 0 Å². The maximum Gasteiger partial charge on any atom is 0.328 e. The number of carbonyl (C=O) groups is 12. The van der Waals surface area contributed by atoms with Gasteiger partial charge in [-0.2, -0.15) is 0 Å². The highest BCUT2D eigenvalue weighted by atomic mass is 16.4. The number of carboxylic acid groups (broad SMARTS) is 4. The first-order chi connectivity index (χ1) is 39.4. The van der Waals surface area contributed by atoms with Gasteiger partial charge in [0.1, 0.15) is 29.4 Å². The summed E-state index contributed by atoms with van der Waals surface area (Å²) in [5, 5.41) is 69.6. The van der Waals surface area contributed by atoms with E-state index >= 15 is 0 Å². The highest BCUT2D eigenvalue weighted by molar-refractivity contribution is 5.92. The second-order valence-electron chi connectivity index (χ2n) is 22.3. The van der Waals surface area contributed by atoms with E-state index in [2.05, 4.69) is 36.6 Å². The number of rotatable bonds is 53. The van der Waals surface area contributed by atoms with Crippen molar-refractivity contribution in [1.29, 1.82) is 0 Å². The topological polar surface area (TPSA) is 415 Å². The molecule has 0 bridgehead atoms. The van der Waals surface area contributed by atoms with Gasteiger partial charge in [0, 0.05) is 81.1 Å². The van der Waals surface area contributed by atoms with Crippen LogP contribution < -0.4 is 26.6 Å². The summed E-state index contributed by atoms with van der Waals surface area (Å²) in [4.78, 5) is 156. The number of amides is 4. The molecular formula is C58H95N7O18. The van der Waals surface area contributed by atoms with E-state index in [0.29, 0.717) is 25.7 Å². The molecule has 0 fully saturated rings. The van der Waals surface area contributed by atoms with Gasteiger partial charge in [0.15, 0.2) is 11.8 Å². The largest absolute Gasteiger partial charge is 0.481 e. The number of unbranched alkanes of at least 4 members (excludes halogenated alkanes) is 14. The number of nitrogens with one attached hydrogen (secondary N) is 6. The van der Waals surface area contributed by atoms with E-state index in [0.717, 1.165) is 63.5 Å². The summed E-state index contributed by atoms with van der Waals surface area (Å²) in [5.74, 6) is -11.1. The van der Waals surface area contributed by atoms with Gasteiger partial charge in [-0.3, -0.25) is 47.9 Å². The predicted octanol–water partition coefficient (Wildman–Crippen LogP) is 4.28. The molecule has 0 radical (unpaired) electrons. The minimum atomic E-state index is -1.60. The Balaban J connectivity index is 2.46. The number of aliphatic hydroxyl groups is 2. The minimum absolute atomic E-state index is 0.0221. The van der Waals surface area contributed by atoms with Gasteiger partial charge in [0.25, 0.3) is 0 Å². The summed E-state index contributed by atoms with van der Waals surface area (Å²) in [6, 6.07) is -4.59. The lowest BCUT2D eigenvalue weighted by Gasteiger charge is -2.25. The first kappa shape index (κ1) is 74.5. The second-order valence-corrected chi connectivity index (χ2v) is 22.3. The van der Waals surface area contributed by atoms with Crippen LogP contribution in [0, 0.1) is 17.3 Å². The molecule has 1 aromatic heterocycles. The molecule has 0 aliphatic heterocycles. The number of aliphatic hydroxyl groups excluding tert-OH is 2. The predicted molar refractivity (Wildman–Crippen MR) is 303 cm³/mol. The van der Waals surface area contributed by atoms with E-state index in [1.807, 2.05) is 0 Å². The van der Waals surface area contributed by atoms with E-state index in [4.69, 9.17) is 5.11 Å². The Bertz CT molecular complexity index is 2190. The Kier molecular flexibility index (Phi) is 38.8. The lowest BCUT2D eigenvalue weighted by Crippen LogP contribution is -2.49. The fraction of sp³-hybridized carbons (Fsp3) is 0.741. The molecular weight excluding hydrogens is 1080 g/mol. The van der Waals surface area contributed by atoms with E-state index in [-0.39, 0.29) is 88.2 Å². The molecule has 0 aliphatic carbocycles. The number of carboxylic acids is 4. The number of ketones is 4. The smallest absolute Gasteiger partial charge is 0.328 e. The fourth-order valence-electron chi connectivity index (χ4n) is 9.32. The van der Waals surface area contributed by atoms with Gasteiger partial charge in [-0.05, 0) is 58.3 Å². The Hall–Kier alpha value is -6.47. The summed E-state index contributed by atoms with van der Waals surface area (Å²) in [6.07, 6.45) is 16.1. The van der Waals surface area contributed by atoms with Crippen molar-refractivity contribution in [2.45, 2.75) is 231 Å². The molecule has 0 aromatic carbocycles. The number of imidazole rings is 1. The molecule has 1 aromatic rings. The third-order valence-electron chi connectivity index (χ3n) is 14.5. The van der Waals surface area contributed by atoms with Crippen molar-refractivity contribution >= 4 is 70.6 Å². The lowest BCUT2D eigenvalue weighted by molar-refractivity contribution is -0.145. The summed E-state index contributed by atoms with van der Waals surface area (Å²) in [5.41, 5.74) is -0.255. The number of nitrogens with zero attached hydrogens (tertiary/aromatic N) is 1. The summed E-state index contributed by atoms with van der Waals surface area (Å²) >= 11 is 0. The fourth-order valence-corrected chi connectivity index (χ4v) is 9.32. The SMILES string of the molecule is C[C@@H](O)[C@H](NC(=O)[C@H](CCCCNC(=O)CNCC(=O)[C@H](CO)NC(=O)CC[C@H](NC(=O)CC[C@H](CC(=O)CCCCCCCCCCCCCCCCC(=O)O)C(=O)O)C(=O)O)CCC(=O)C(C)(C)CC(=O)CCc1cnc[nH]1)C(=O)O. The average molecular weight is 1180 g/mol. The number of hydrogen-bond acceptors (Lipinski definition) is 16. The van der Waals surface area contributed by atoms with Crippen LogP contribution in [-0.2, 0) is 64.0 Å². The third-order valence-corrected chi connectivity index (χ3v) is 14.5. The average Bonchev–Trinajstić information content (AvgIpc) is 3.96. The summed E-state index contributed by atoms with van der Waals surface area (Å²) < 4.78 is 0. The number of aromatic amines is 1. The van der Waals surface area contributed by atoms with E-state index in [1.165, 1.54) is 38.9 Å². The minimum Gasteiger partial charge on any atom is -0.481 e. The van der Waals surface area contributed by atoms with Crippen molar-refractivity contribution in [2.24, 2.45) is 17.3 Å². The van der Waals surface area contributed by atoms with Crippen LogP contribution in [-0.4, -0.2) is 162 Å². The Labute approximate surface area is 486 Å². The van der Waals surface area contributed by atoms with E-state index in [9.17, 15) is 83.1 Å². The quantitative estimate of drug-likeness (QED) is 0.0405. The zero-order chi connectivity index (χ0) is 62.2. The van der Waals surface area contributed by atoms with Crippen LogP contribution in [0.25, 0.3) is 0 Å². The molecule has 0 unspecified atom stereocenters. The van der Waals surface area contributed by atoms with Gasteiger partial charge in [-0.15, -0.1) is 0 Å². The van der Waals surface area contributed by atoms with Crippen LogP contribution >= 0.6 is 0 Å². The third kappa shape index (κ3) is 36.0. The molecule has 83 heavy (non-hydrogen) atoms. The molecule has 470 valence electrons. The van der Waals surface area contributed by atoms with Gasteiger partial charge in [-0.25, -0.2) is 14.6 Å². The summed E-state index contributed by atoms with van der Waals surface area (Å²) in [7, 11) is 0. The molecule has 0 spiro atoms. The number of H-pyrrole nitrogens is 1. The molecule has 6 atom stereocenters. The van der Waals surface area contributed by atoms with Crippen molar-refractivity contribution in [3.63, 3.8) is 0 Å². The van der Waals surface area contributed by atoms with Crippen LogP contribution in [0.3, 0.4) is 0 Å². The van der Waals surface area contributed by atoms with Crippen LogP contribution in [0.5, 0.6) is 0 Å². The van der Waals surface area contributed by atoms with Crippen molar-refractivity contribution in [3.05, 3.63) is 18.2 Å². The molecule has 25 nitrogen and oxygen atoms in total. The highest BCUT2D eigenvalue weighted by Crippen LogP contribution is 2.28. The van der Waals surface area contributed by atoms with Gasteiger partial charge < -0.3 is 62.2 Å². The Morgan fingerprint density at radius 2 is 1.12 bits per heavy atom. The first-order valence-electron chi connectivity index (χ1n) is 29.5. The van der Waals surface area contributed by atoms with Gasteiger partial charge in [0.05, 0.1) is 38.0 Å². The van der Waals surface area contributed by atoms with Crippen molar-refractivity contribution < 1.29 is 88.2 Å². The number of aromatic nitrogens is 2. The van der Waals surface area contributed by atoms with E-state index < -0.39 is 127 Å². The van der Waals surface area contributed by atoms with Gasteiger partial charge in [0.2, 0.25) is 23.6 Å². The highest BCUT2D eigenvalue weighted by Gasteiger charge is 2.33. The van der Waals surface area contributed by atoms with Crippen LogP contribution in [0.2, 0.25) is 0 Å². The number of Topliss-reactive ketones (excluding diaryl/α,β-unsaturated/α-hetero) is 4. The first-order valence-corrected chi connectivity index (χ1v) is 29.5. The zero-order valence-corrected chi connectivity index (χ0v) is 49.0. The van der Waals surface area contributed by atoms with E-state index in [1.54, 1.807) is 20.0 Å². The number of hydrogen-bond donors (Lipinski definition) is 12. The standard InChI is InChI=1S/C58H95N7O18/c1-39(67)53(57(82)83)65-54(77)40(23-28-48(71)58(2,3)33-44(69)26-25-42-34-60-38-62-42)20-18-19-31-61-51(74)36-59-35-47(70)46(37-66)64-50(73)30-27-45(56(80)81)63-49(72)29-24-41(55(78)79)32-43(68)21-16-14-12-10-8-6-4-5-7-9-11-13-15-17-22-52(75)76/h34,38-41,45-46,53,59,66-67H,4-33,35-37H2,1-3H3,(H,60,62)(H,61,74)(H,63,72)(H,64,73)(H,65,77)(H,75,76)(H,78,79)(H,80,81)(H,82,83)/t39-,40-,41-,45+,46+,53+/m1/s1. The molecule has 12 N–H and O–H groups in total. The van der Waals surface area contributed by atoms with Crippen LogP contribution in [0.4, 0.5) is 0 Å². The maximum atomic E-state index is 13.3. The molecule has 4 amide bonds. The van der Waals surface area contributed by atoms with Gasteiger partial charge >= 0.3 is 23.9 Å².